The van der Waals surface area contributed by atoms with Gasteiger partial charge in [-0.3, -0.25) is 4.55 Å². The van der Waals surface area contributed by atoms with Gasteiger partial charge in [0.05, 0.1) is 4.90 Å². The van der Waals surface area contributed by atoms with Gasteiger partial charge in [0.1, 0.15) is 0 Å². The van der Waals surface area contributed by atoms with Crippen LogP contribution in [0, 0.1) is 0 Å². The van der Waals surface area contributed by atoms with Gasteiger partial charge in [0.15, 0.2) is 0 Å². The first kappa shape index (κ1) is 27.2. The van der Waals surface area contributed by atoms with Crippen LogP contribution in [0.2, 0.25) is 0 Å². The third-order valence-corrected chi connectivity index (χ3v) is 6.28. The number of hydrogen-bond acceptors (Lipinski definition) is 3. The molecule has 2 rings (SSSR count). The number of rotatable bonds is 13. The molecule has 0 fully saturated rings. The van der Waals surface area contributed by atoms with E-state index in [9.17, 15) is 13.0 Å². The molecule has 0 amide bonds. The van der Waals surface area contributed by atoms with Crippen molar-refractivity contribution in [2.45, 2.75) is 82.4 Å². The smallest absolute Gasteiger partial charge is 0.294 e. The van der Waals surface area contributed by atoms with Crippen molar-refractivity contribution in [3.05, 3.63) is 60.2 Å². The maximum Gasteiger partial charge on any atom is 0.294 e. The first-order valence-corrected chi connectivity index (χ1v) is 13.1. The molecule has 0 atom stereocenters. The van der Waals surface area contributed by atoms with E-state index in [-0.39, 0.29) is 4.90 Å². The predicted octanol–water partition coefficient (Wildman–Crippen LogP) is 7.15. The Morgan fingerprint density at radius 3 is 1.68 bits per heavy atom. The Morgan fingerprint density at radius 1 is 0.710 bits per heavy atom. The predicted molar refractivity (Wildman–Crippen MR) is 133 cm³/mol. The Kier molecular flexibility index (Phi) is 13.9. The second-order valence-electron chi connectivity index (χ2n) is 8.24. The first-order valence-electron chi connectivity index (χ1n) is 11.6. The highest BCUT2D eigenvalue weighted by Crippen LogP contribution is 2.18. The van der Waals surface area contributed by atoms with E-state index < -0.39 is 10.1 Å². The lowest BCUT2D eigenvalue weighted by Crippen LogP contribution is -2.07. The summed E-state index contributed by atoms with van der Waals surface area (Å²) in [5.41, 5.74) is 1.97. The van der Waals surface area contributed by atoms with Crippen LogP contribution < -0.4 is 4.90 Å². The SMILES string of the molecule is CCCCCCCCCCCCc1ccccc1S(=O)(=O)O.CN(C)c1ccccc1. The minimum absolute atomic E-state index is 0.0610. The zero-order valence-corrected chi connectivity index (χ0v) is 20.4. The number of para-hydroxylation sites is 1. The van der Waals surface area contributed by atoms with Gasteiger partial charge in [0.25, 0.3) is 10.1 Å². The molecule has 0 radical (unpaired) electrons. The van der Waals surface area contributed by atoms with Crippen molar-refractivity contribution in [2.75, 3.05) is 19.0 Å². The lowest BCUT2D eigenvalue weighted by atomic mass is 10.0. The van der Waals surface area contributed by atoms with Gasteiger partial charge in [-0.1, -0.05) is 101 Å². The van der Waals surface area contributed by atoms with Crippen LogP contribution in [0.25, 0.3) is 0 Å². The molecule has 0 heterocycles. The van der Waals surface area contributed by atoms with Crippen LogP contribution >= 0.6 is 0 Å². The molecule has 0 bridgehead atoms. The minimum atomic E-state index is -4.10. The molecule has 1 N–H and O–H groups in total. The Labute approximate surface area is 190 Å². The fraction of sp³-hybridized carbons (Fsp3) is 0.538. The standard InChI is InChI=1S/C18H30O3S.C8H11N/c1-2-3-4-5-6-7-8-9-10-11-14-17-15-12-13-16-18(17)22(19,20)21;1-9(2)8-6-4-3-5-7-8/h12-13,15-16H,2-11,14H2,1H3,(H,19,20,21);3-7H,1-2H3. The molecule has 4 nitrogen and oxygen atoms in total. The number of aryl methyl sites for hydroxylation is 1. The lowest BCUT2D eigenvalue weighted by Gasteiger charge is -2.10. The van der Waals surface area contributed by atoms with Crippen LogP contribution in [-0.2, 0) is 16.5 Å². The highest BCUT2D eigenvalue weighted by molar-refractivity contribution is 7.85. The normalized spacial score (nSPS) is 11.0. The molecule has 0 unspecified atom stereocenters. The molecule has 0 aliphatic rings. The molecule has 5 heteroatoms. The zero-order chi connectivity index (χ0) is 23.0. The van der Waals surface area contributed by atoms with Crippen molar-refractivity contribution in [3.63, 3.8) is 0 Å². The molecule has 0 saturated heterocycles. The van der Waals surface area contributed by atoms with Gasteiger partial charge < -0.3 is 4.90 Å². The van der Waals surface area contributed by atoms with Gasteiger partial charge >= 0.3 is 0 Å². The maximum absolute atomic E-state index is 11.3. The van der Waals surface area contributed by atoms with Crippen molar-refractivity contribution >= 4 is 15.8 Å². The molecule has 0 aromatic heterocycles. The molecular weight excluding hydrogens is 406 g/mol. The fourth-order valence-corrected chi connectivity index (χ4v) is 4.24. The Morgan fingerprint density at radius 2 is 1.19 bits per heavy atom. The van der Waals surface area contributed by atoms with E-state index in [1.54, 1.807) is 12.1 Å². The second-order valence-corrected chi connectivity index (χ2v) is 9.63. The van der Waals surface area contributed by atoms with E-state index in [0.717, 1.165) is 18.4 Å². The van der Waals surface area contributed by atoms with Crippen LogP contribution in [-0.4, -0.2) is 27.1 Å². The van der Waals surface area contributed by atoms with Gasteiger partial charge in [0, 0.05) is 19.8 Å². The van der Waals surface area contributed by atoms with Crippen LogP contribution in [0.3, 0.4) is 0 Å². The summed E-state index contributed by atoms with van der Waals surface area (Å²) < 4.78 is 31.8. The van der Waals surface area contributed by atoms with Crippen LogP contribution in [0.5, 0.6) is 0 Å². The summed E-state index contributed by atoms with van der Waals surface area (Å²) in [5, 5.41) is 0. The molecule has 0 saturated carbocycles. The van der Waals surface area contributed by atoms with E-state index in [4.69, 9.17) is 0 Å². The summed E-state index contributed by atoms with van der Waals surface area (Å²) >= 11 is 0. The topological polar surface area (TPSA) is 57.6 Å². The Hall–Kier alpha value is -1.85. The van der Waals surface area contributed by atoms with Gasteiger partial charge in [0.2, 0.25) is 0 Å². The monoisotopic (exact) mass is 447 g/mol. The quantitative estimate of drug-likeness (QED) is 0.262. The average molecular weight is 448 g/mol. The summed E-state index contributed by atoms with van der Waals surface area (Å²) in [6, 6.07) is 17.0. The van der Waals surface area contributed by atoms with Crippen LogP contribution in [0.15, 0.2) is 59.5 Å². The summed E-state index contributed by atoms with van der Waals surface area (Å²) in [6.45, 7) is 2.24. The fourth-order valence-electron chi connectivity index (χ4n) is 3.49. The first-order chi connectivity index (χ1) is 14.9. The number of unbranched alkanes of at least 4 members (excludes halogenated alkanes) is 9. The van der Waals surface area contributed by atoms with E-state index in [0.29, 0.717) is 6.42 Å². The third-order valence-electron chi connectivity index (χ3n) is 5.32. The van der Waals surface area contributed by atoms with Gasteiger partial charge in [-0.25, -0.2) is 0 Å². The average Bonchev–Trinajstić information content (AvgIpc) is 2.76. The number of anilines is 1. The molecule has 0 aliphatic carbocycles. The summed E-state index contributed by atoms with van der Waals surface area (Å²) in [6.07, 6.45) is 13.3. The van der Waals surface area contributed by atoms with Crippen LogP contribution in [0.1, 0.15) is 76.7 Å². The Bertz CT molecular complexity index is 804. The van der Waals surface area contributed by atoms with Crippen molar-refractivity contribution < 1.29 is 13.0 Å². The highest BCUT2D eigenvalue weighted by atomic mass is 32.2. The van der Waals surface area contributed by atoms with Gasteiger partial charge in [-0.2, -0.15) is 8.42 Å². The number of hydrogen-bond donors (Lipinski definition) is 1. The van der Waals surface area contributed by atoms with Crippen molar-refractivity contribution in [2.24, 2.45) is 0 Å². The lowest BCUT2D eigenvalue weighted by molar-refractivity contribution is 0.481. The van der Waals surface area contributed by atoms with Gasteiger partial charge in [-0.15, -0.1) is 0 Å². The summed E-state index contributed by atoms with van der Waals surface area (Å²) in [5.74, 6) is 0. The molecule has 0 aliphatic heterocycles. The van der Waals surface area contributed by atoms with Gasteiger partial charge in [-0.05, 0) is 36.6 Å². The third kappa shape index (κ3) is 12.6. The second kappa shape index (κ2) is 15.9. The minimum Gasteiger partial charge on any atom is -0.378 e. The van der Waals surface area contributed by atoms with Crippen molar-refractivity contribution in [1.29, 1.82) is 0 Å². The summed E-state index contributed by atoms with van der Waals surface area (Å²) in [4.78, 5) is 2.14. The molecule has 0 spiro atoms. The van der Waals surface area contributed by atoms with E-state index in [1.165, 1.54) is 63.1 Å². The van der Waals surface area contributed by atoms with E-state index in [2.05, 4.69) is 24.0 Å². The van der Waals surface area contributed by atoms with E-state index in [1.807, 2.05) is 38.4 Å². The van der Waals surface area contributed by atoms with Crippen molar-refractivity contribution in [1.82, 2.24) is 0 Å². The molecule has 2 aromatic rings. The van der Waals surface area contributed by atoms with Crippen molar-refractivity contribution in [3.8, 4) is 0 Å². The highest BCUT2D eigenvalue weighted by Gasteiger charge is 2.13. The Balaban J connectivity index is 0.000000442. The van der Waals surface area contributed by atoms with E-state index >= 15 is 0 Å². The zero-order valence-electron chi connectivity index (χ0n) is 19.6. The summed E-state index contributed by atoms with van der Waals surface area (Å²) in [7, 11) is -0.0219. The number of benzene rings is 2. The molecular formula is C26H41NO3S. The largest absolute Gasteiger partial charge is 0.378 e. The molecule has 2 aromatic carbocycles. The molecule has 31 heavy (non-hydrogen) atoms. The molecule has 174 valence electrons. The number of nitrogens with zero attached hydrogens (tertiary/aromatic N) is 1. The maximum atomic E-state index is 11.3. The van der Waals surface area contributed by atoms with Crippen LogP contribution in [0.4, 0.5) is 5.69 Å².